The average molecular weight is 477 g/mol. The van der Waals surface area contributed by atoms with E-state index < -0.39 is 10.0 Å². The summed E-state index contributed by atoms with van der Waals surface area (Å²) in [6, 6.07) is 18.5. The van der Waals surface area contributed by atoms with E-state index in [-0.39, 0.29) is 17.6 Å². The molecule has 4 rings (SSSR count). The number of halogens is 2. The zero-order valence-corrected chi connectivity index (χ0v) is 19.1. The van der Waals surface area contributed by atoms with Gasteiger partial charge in [0.05, 0.1) is 15.8 Å². The molecule has 1 amide bonds. The van der Waals surface area contributed by atoms with Crippen LogP contribution >= 0.6 is 23.2 Å². The first-order valence-electron chi connectivity index (χ1n) is 10.0. The first-order chi connectivity index (χ1) is 14.8. The third-order valence-corrected chi connectivity index (χ3v) is 8.19. The number of piperidine rings is 1. The number of carbonyl (C=O) groups is 1. The lowest BCUT2D eigenvalue weighted by atomic mass is 9.97. The van der Waals surface area contributed by atoms with Gasteiger partial charge in [0.1, 0.15) is 0 Å². The standard InChI is InChI=1S/C23H22Cl2N2O3S/c24-20-9-8-16(14-21(20)25)15-31(29,30)27-12-10-18(11-13-27)23(28)26-22-7-3-5-17-4-1-2-6-19(17)22/h1-9,14,18H,10-13,15H2,(H,26,28). The molecule has 1 aliphatic rings. The van der Waals surface area contributed by atoms with Crippen LogP contribution in [-0.4, -0.2) is 31.7 Å². The van der Waals surface area contributed by atoms with Crippen LogP contribution in [0, 0.1) is 5.92 Å². The zero-order valence-electron chi connectivity index (χ0n) is 16.7. The van der Waals surface area contributed by atoms with E-state index in [2.05, 4.69) is 5.32 Å². The Balaban J connectivity index is 1.38. The predicted molar refractivity (Wildman–Crippen MR) is 126 cm³/mol. The Morgan fingerprint density at radius 1 is 0.968 bits per heavy atom. The second-order valence-electron chi connectivity index (χ2n) is 7.69. The molecule has 1 fully saturated rings. The molecular weight excluding hydrogens is 455 g/mol. The van der Waals surface area contributed by atoms with Crippen molar-refractivity contribution < 1.29 is 13.2 Å². The van der Waals surface area contributed by atoms with Gasteiger partial charge in [-0.15, -0.1) is 0 Å². The topological polar surface area (TPSA) is 66.5 Å². The second-order valence-corrected chi connectivity index (χ2v) is 10.5. The first-order valence-corrected chi connectivity index (χ1v) is 12.4. The summed E-state index contributed by atoms with van der Waals surface area (Å²) in [4.78, 5) is 12.8. The van der Waals surface area contributed by atoms with E-state index in [1.165, 1.54) is 4.31 Å². The summed E-state index contributed by atoms with van der Waals surface area (Å²) in [5.74, 6) is -0.440. The lowest BCUT2D eigenvalue weighted by molar-refractivity contribution is -0.120. The number of carbonyl (C=O) groups excluding carboxylic acids is 1. The van der Waals surface area contributed by atoms with Gasteiger partial charge < -0.3 is 5.32 Å². The molecule has 0 unspecified atom stereocenters. The lowest BCUT2D eigenvalue weighted by Gasteiger charge is -2.30. The van der Waals surface area contributed by atoms with Crippen LogP contribution in [-0.2, 0) is 20.6 Å². The van der Waals surface area contributed by atoms with Crippen molar-refractivity contribution >= 4 is 55.6 Å². The van der Waals surface area contributed by atoms with Crippen LogP contribution in [0.5, 0.6) is 0 Å². The van der Waals surface area contributed by atoms with Crippen molar-refractivity contribution in [2.75, 3.05) is 18.4 Å². The van der Waals surface area contributed by atoms with Gasteiger partial charge >= 0.3 is 0 Å². The fourth-order valence-electron chi connectivity index (χ4n) is 3.90. The normalized spacial score (nSPS) is 15.8. The highest BCUT2D eigenvalue weighted by Gasteiger charge is 2.31. The molecule has 8 heteroatoms. The van der Waals surface area contributed by atoms with Gasteiger partial charge in [0.25, 0.3) is 0 Å². The van der Waals surface area contributed by atoms with Crippen molar-refractivity contribution in [3.8, 4) is 0 Å². The van der Waals surface area contributed by atoms with Gasteiger partial charge in [-0.3, -0.25) is 4.79 Å². The molecule has 1 saturated heterocycles. The van der Waals surface area contributed by atoms with Gasteiger partial charge in [-0.2, -0.15) is 0 Å². The van der Waals surface area contributed by atoms with Crippen LogP contribution in [0.4, 0.5) is 5.69 Å². The van der Waals surface area contributed by atoms with E-state index in [1.807, 2.05) is 42.5 Å². The molecular formula is C23H22Cl2N2O3S. The first kappa shape index (κ1) is 22.1. The minimum Gasteiger partial charge on any atom is -0.325 e. The van der Waals surface area contributed by atoms with Gasteiger partial charge in [-0.05, 0) is 42.0 Å². The van der Waals surface area contributed by atoms with Crippen molar-refractivity contribution in [3.05, 3.63) is 76.3 Å². The number of nitrogens with zero attached hydrogens (tertiary/aromatic N) is 1. The van der Waals surface area contributed by atoms with Crippen LogP contribution in [0.1, 0.15) is 18.4 Å². The molecule has 0 spiro atoms. The molecule has 1 aliphatic heterocycles. The highest BCUT2D eigenvalue weighted by Crippen LogP contribution is 2.28. The SMILES string of the molecule is O=C(Nc1cccc2ccccc12)C1CCN(S(=O)(=O)Cc2ccc(Cl)c(Cl)c2)CC1. The van der Waals surface area contributed by atoms with Crippen molar-refractivity contribution in [3.63, 3.8) is 0 Å². The molecule has 1 heterocycles. The minimum absolute atomic E-state index is 0.0714. The molecule has 0 saturated carbocycles. The van der Waals surface area contributed by atoms with Crippen LogP contribution in [0.2, 0.25) is 10.0 Å². The maximum Gasteiger partial charge on any atom is 0.227 e. The van der Waals surface area contributed by atoms with E-state index in [1.54, 1.807) is 18.2 Å². The average Bonchev–Trinajstić information content (AvgIpc) is 2.76. The fraction of sp³-hybridized carbons (Fsp3) is 0.261. The Bertz CT molecular complexity index is 1220. The summed E-state index contributed by atoms with van der Waals surface area (Å²) < 4.78 is 27.1. The summed E-state index contributed by atoms with van der Waals surface area (Å²) in [5.41, 5.74) is 1.36. The monoisotopic (exact) mass is 476 g/mol. The third-order valence-electron chi connectivity index (χ3n) is 5.60. The largest absolute Gasteiger partial charge is 0.325 e. The molecule has 3 aromatic carbocycles. The van der Waals surface area contributed by atoms with Crippen molar-refractivity contribution in [1.82, 2.24) is 4.31 Å². The Morgan fingerprint density at radius 2 is 1.68 bits per heavy atom. The summed E-state index contributed by atoms with van der Waals surface area (Å²) in [5, 5.41) is 5.79. The van der Waals surface area contributed by atoms with Gasteiger partial charge in [-0.25, -0.2) is 12.7 Å². The highest BCUT2D eigenvalue weighted by atomic mass is 35.5. The van der Waals surface area contributed by atoms with E-state index in [0.29, 0.717) is 41.5 Å². The second kappa shape index (κ2) is 9.17. The summed E-state index contributed by atoms with van der Waals surface area (Å²) in [6.07, 6.45) is 0.967. The van der Waals surface area contributed by atoms with E-state index in [4.69, 9.17) is 23.2 Å². The van der Waals surface area contributed by atoms with Crippen molar-refractivity contribution in [1.29, 1.82) is 0 Å². The summed E-state index contributed by atoms with van der Waals surface area (Å²) in [6.45, 7) is 0.633. The van der Waals surface area contributed by atoms with Crippen LogP contribution in [0.15, 0.2) is 60.7 Å². The molecule has 31 heavy (non-hydrogen) atoms. The van der Waals surface area contributed by atoms with Gasteiger partial charge in [-0.1, -0.05) is 65.7 Å². The number of hydrogen-bond donors (Lipinski definition) is 1. The molecule has 0 bridgehead atoms. The quantitative estimate of drug-likeness (QED) is 0.541. The number of nitrogens with one attached hydrogen (secondary N) is 1. The fourth-order valence-corrected chi connectivity index (χ4v) is 5.77. The minimum atomic E-state index is -3.50. The Labute approximate surface area is 192 Å². The number of fused-ring (bicyclic) bond motifs is 1. The smallest absolute Gasteiger partial charge is 0.227 e. The number of benzene rings is 3. The maximum atomic E-state index is 12.8. The highest BCUT2D eigenvalue weighted by molar-refractivity contribution is 7.88. The molecule has 5 nitrogen and oxygen atoms in total. The zero-order chi connectivity index (χ0) is 22.0. The van der Waals surface area contributed by atoms with E-state index >= 15 is 0 Å². The molecule has 0 aliphatic carbocycles. The number of hydrogen-bond acceptors (Lipinski definition) is 3. The van der Waals surface area contributed by atoms with E-state index in [0.717, 1.165) is 16.5 Å². The van der Waals surface area contributed by atoms with Gasteiger partial charge in [0, 0.05) is 30.1 Å². The number of amides is 1. The Kier molecular flexibility index (Phi) is 6.53. The molecule has 0 aromatic heterocycles. The van der Waals surface area contributed by atoms with Gasteiger partial charge in [0.2, 0.25) is 15.9 Å². The predicted octanol–water partition coefficient (Wildman–Crippen LogP) is 5.33. The number of rotatable bonds is 5. The third kappa shape index (κ3) is 5.04. The Hall–Kier alpha value is -2.12. The summed E-state index contributed by atoms with van der Waals surface area (Å²) in [7, 11) is -3.50. The van der Waals surface area contributed by atoms with Crippen molar-refractivity contribution in [2.24, 2.45) is 5.92 Å². The Morgan fingerprint density at radius 3 is 2.42 bits per heavy atom. The molecule has 0 radical (unpaired) electrons. The van der Waals surface area contributed by atoms with Crippen LogP contribution in [0.3, 0.4) is 0 Å². The van der Waals surface area contributed by atoms with E-state index in [9.17, 15) is 13.2 Å². The summed E-state index contributed by atoms with van der Waals surface area (Å²) >= 11 is 11.9. The lowest BCUT2D eigenvalue weighted by Crippen LogP contribution is -2.41. The molecule has 3 aromatic rings. The molecule has 162 valence electrons. The number of sulfonamides is 1. The maximum absolute atomic E-state index is 12.8. The van der Waals surface area contributed by atoms with Crippen LogP contribution in [0.25, 0.3) is 10.8 Å². The molecule has 1 N–H and O–H groups in total. The molecule has 0 atom stereocenters. The van der Waals surface area contributed by atoms with Crippen LogP contribution < -0.4 is 5.32 Å². The van der Waals surface area contributed by atoms with Gasteiger partial charge in [0.15, 0.2) is 0 Å². The number of anilines is 1. The van der Waals surface area contributed by atoms with Crippen molar-refractivity contribution in [2.45, 2.75) is 18.6 Å².